The Morgan fingerprint density at radius 2 is 1.79 bits per heavy atom. The fourth-order valence-corrected chi connectivity index (χ4v) is 4.12. The number of rotatable bonds is 9. The number of nitrogens with one attached hydrogen (secondary N) is 2. The van der Waals surface area contributed by atoms with E-state index in [1.54, 1.807) is 24.3 Å². The highest BCUT2D eigenvalue weighted by Crippen LogP contribution is 2.22. The lowest BCUT2D eigenvalue weighted by molar-refractivity contribution is -0.121. The minimum absolute atomic E-state index is 0.0256. The van der Waals surface area contributed by atoms with Crippen molar-refractivity contribution in [3.05, 3.63) is 59.7 Å². The lowest BCUT2D eigenvalue weighted by atomic mass is 10.1. The van der Waals surface area contributed by atoms with E-state index in [0.717, 1.165) is 29.7 Å². The molecular formula is C21H27N3O3S. The summed E-state index contributed by atoms with van der Waals surface area (Å²) in [5, 5.41) is 2.94. The zero-order valence-electron chi connectivity index (χ0n) is 16.3. The SMILES string of the molecule is CN(C)c1cccc(CNC(=O)CCc2ccc(S(=O)(=O)NC3CC3)cc2)c1. The zero-order chi connectivity index (χ0) is 20.1. The highest BCUT2D eigenvalue weighted by atomic mass is 32.2. The molecule has 1 aliphatic rings. The summed E-state index contributed by atoms with van der Waals surface area (Å²) in [6.07, 6.45) is 2.75. The van der Waals surface area contributed by atoms with E-state index in [0.29, 0.717) is 19.4 Å². The van der Waals surface area contributed by atoms with Crippen molar-refractivity contribution in [1.29, 1.82) is 0 Å². The number of carbonyl (C=O) groups excluding carboxylic acids is 1. The van der Waals surface area contributed by atoms with Crippen molar-refractivity contribution in [1.82, 2.24) is 10.0 Å². The Balaban J connectivity index is 1.47. The number of carbonyl (C=O) groups is 1. The first-order chi connectivity index (χ1) is 13.3. The molecule has 28 heavy (non-hydrogen) atoms. The van der Waals surface area contributed by atoms with E-state index in [4.69, 9.17) is 0 Å². The second kappa shape index (κ2) is 8.75. The third-order valence-electron chi connectivity index (χ3n) is 4.69. The monoisotopic (exact) mass is 401 g/mol. The molecule has 3 rings (SSSR count). The predicted molar refractivity (Wildman–Crippen MR) is 111 cm³/mol. The van der Waals surface area contributed by atoms with E-state index < -0.39 is 10.0 Å². The van der Waals surface area contributed by atoms with E-state index in [2.05, 4.69) is 16.1 Å². The van der Waals surface area contributed by atoms with Gasteiger partial charge in [0.15, 0.2) is 0 Å². The standard InChI is InChI=1S/C21H27N3O3S/c1-24(2)19-5-3-4-17(14-19)15-22-21(25)13-8-16-6-11-20(12-7-16)28(26,27)23-18-9-10-18/h3-7,11-12,14,18,23H,8-10,13,15H2,1-2H3,(H,22,25). The number of hydrogen-bond acceptors (Lipinski definition) is 4. The second-order valence-electron chi connectivity index (χ2n) is 7.38. The van der Waals surface area contributed by atoms with Gasteiger partial charge in [-0.15, -0.1) is 0 Å². The largest absolute Gasteiger partial charge is 0.378 e. The molecule has 0 unspecified atom stereocenters. The molecule has 0 bridgehead atoms. The quantitative estimate of drug-likeness (QED) is 0.677. The van der Waals surface area contributed by atoms with Crippen molar-refractivity contribution in [2.45, 2.75) is 43.2 Å². The van der Waals surface area contributed by atoms with Gasteiger partial charge in [0.1, 0.15) is 0 Å². The van der Waals surface area contributed by atoms with Crippen molar-refractivity contribution in [2.75, 3.05) is 19.0 Å². The number of benzene rings is 2. The Labute approximate surface area is 167 Å². The number of anilines is 1. The molecule has 7 heteroatoms. The minimum atomic E-state index is -3.43. The summed E-state index contributed by atoms with van der Waals surface area (Å²) in [4.78, 5) is 14.4. The first-order valence-electron chi connectivity index (χ1n) is 9.48. The Hall–Kier alpha value is -2.38. The topological polar surface area (TPSA) is 78.5 Å². The molecule has 0 heterocycles. The van der Waals surface area contributed by atoms with Crippen LogP contribution in [0.5, 0.6) is 0 Å². The predicted octanol–water partition coefficient (Wildman–Crippen LogP) is 2.44. The zero-order valence-corrected chi connectivity index (χ0v) is 17.1. The van der Waals surface area contributed by atoms with Crippen LogP contribution >= 0.6 is 0 Å². The third kappa shape index (κ3) is 5.81. The molecule has 0 radical (unpaired) electrons. The van der Waals surface area contributed by atoms with Crippen LogP contribution in [0, 0.1) is 0 Å². The number of aryl methyl sites for hydroxylation is 1. The fourth-order valence-electron chi connectivity index (χ4n) is 2.82. The summed E-state index contributed by atoms with van der Waals surface area (Å²) in [6, 6.07) is 14.9. The smallest absolute Gasteiger partial charge is 0.240 e. The van der Waals surface area contributed by atoms with Gasteiger partial charge in [-0.05, 0) is 54.7 Å². The van der Waals surface area contributed by atoms with E-state index in [1.807, 2.05) is 37.2 Å². The molecule has 150 valence electrons. The second-order valence-corrected chi connectivity index (χ2v) is 9.09. The number of sulfonamides is 1. The van der Waals surface area contributed by atoms with E-state index in [9.17, 15) is 13.2 Å². The van der Waals surface area contributed by atoms with Crippen LogP contribution in [0.2, 0.25) is 0 Å². The van der Waals surface area contributed by atoms with Gasteiger partial charge in [0.2, 0.25) is 15.9 Å². The fraction of sp³-hybridized carbons (Fsp3) is 0.381. The molecule has 1 fully saturated rings. The van der Waals surface area contributed by atoms with Crippen LogP contribution in [0.25, 0.3) is 0 Å². The Kier molecular flexibility index (Phi) is 6.36. The van der Waals surface area contributed by atoms with Gasteiger partial charge >= 0.3 is 0 Å². The van der Waals surface area contributed by atoms with Gasteiger partial charge in [0.25, 0.3) is 0 Å². The van der Waals surface area contributed by atoms with Crippen LogP contribution in [-0.2, 0) is 27.8 Å². The average molecular weight is 402 g/mol. The van der Waals surface area contributed by atoms with Crippen molar-refractivity contribution < 1.29 is 13.2 Å². The van der Waals surface area contributed by atoms with Crippen LogP contribution < -0.4 is 14.9 Å². The maximum absolute atomic E-state index is 12.2. The van der Waals surface area contributed by atoms with Gasteiger partial charge in [0, 0.05) is 38.8 Å². The summed E-state index contributed by atoms with van der Waals surface area (Å²) < 4.78 is 27.0. The lowest BCUT2D eigenvalue weighted by Gasteiger charge is -2.14. The van der Waals surface area contributed by atoms with E-state index in [1.165, 1.54) is 0 Å². The molecule has 0 aliphatic heterocycles. The summed E-state index contributed by atoms with van der Waals surface area (Å²) in [5.74, 6) is -0.0256. The van der Waals surface area contributed by atoms with Crippen molar-refractivity contribution in [2.24, 2.45) is 0 Å². The minimum Gasteiger partial charge on any atom is -0.378 e. The van der Waals surface area contributed by atoms with Crippen LogP contribution in [0.4, 0.5) is 5.69 Å². The maximum atomic E-state index is 12.2. The first-order valence-corrected chi connectivity index (χ1v) is 11.0. The summed E-state index contributed by atoms with van der Waals surface area (Å²) >= 11 is 0. The molecule has 0 aromatic heterocycles. The van der Waals surface area contributed by atoms with Crippen molar-refractivity contribution in [3.63, 3.8) is 0 Å². The highest BCUT2D eigenvalue weighted by Gasteiger charge is 2.27. The van der Waals surface area contributed by atoms with E-state index >= 15 is 0 Å². The molecule has 0 spiro atoms. The molecule has 2 aromatic carbocycles. The van der Waals surface area contributed by atoms with Gasteiger partial charge in [0.05, 0.1) is 4.90 Å². The van der Waals surface area contributed by atoms with Gasteiger partial charge < -0.3 is 10.2 Å². The summed E-state index contributed by atoms with van der Waals surface area (Å²) in [6.45, 7) is 0.491. The normalized spacial score (nSPS) is 13.9. The molecule has 1 aliphatic carbocycles. The molecule has 0 saturated heterocycles. The molecule has 1 saturated carbocycles. The molecule has 6 nitrogen and oxygen atoms in total. The van der Waals surface area contributed by atoms with Crippen molar-refractivity contribution in [3.8, 4) is 0 Å². The Morgan fingerprint density at radius 1 is 1.07 bits per heavy atom. The number of hydrogen-bond donors (Lipinski definition) is 2. The highest BCUT2D eigenvalue weighted by molar-refractivity contribution is 7.89. The third-order valence-corrected chi connectivity index (χ3v) is 6.23. The molecule has 2 N–H and O–H groups in total. The first kappa shape index (κ1) is 20.4. The number of nitrogens with zero attached hydrogens (tertiary/aromatic N) is 1. The average Bonchev–Trinajstić information content (AvgIpc) is 3.48. The summed E-state index contributed by atoms with van der Waals surface area (Å²) in [5.41, 5.74) is 3.09. The van der Waals surface area contributed by atoms with Gasteiger partial charge in [-0.2, -0.15) is 0 Å². The van der Waals surface area contributed by atoms with Crippen LogP contribution in [-0.4, -0.2) is 34.5 Å². The molecule has 1 amide bonds. The van der Waals surface area contributed by atoms with Gasteiger partial charge in [-0.25, -0.2) is 13.1 Å². The lowest BCUT2D eigenvalue weighted by Crippen LogP contribution is -2.25. The molecular weight excluding hydrogens is 374 g/mol. The molecule has 0 atom stereocenters. The van der Waals surface area contributed by atoms with Gasteiger partial charge in [-0.1, -0.05) is 24.3 Å². The van der Waals surface area contributed by atoms with Crippen LogP contribution in [0.3, 0.4) is 0 Å². The maximum Gasteiger partial charge on any atom is 0.240 e. The van der Waals surface area contributed by atoms with Crippen LogP contribution in [0.15, 0.2) is 53.4 Å². The van der Waals surface area contributed by atoms with E-state index in [-0.39, 0.29) is 16.8 Å². The van der Waals surface area contributed by atoms with Gasteiger partial charge in [-0.3, -0.25) is 4.79 Å². The van der Waals surface area contributed by atoms with Crippen LogP contribution in [0.1, 0.15) is 30.4 Å². The Bertz CT molecular complexity index is 920. The Morgan fingerprint density at radius 3 is 2.43 bits per heavy atom. The number of amides is 1. The molecule has 2 aromatic rings. The van der Waals surface area contributed by atoms with Crippen molar-refractivity contribution >= 4 is 21.6 Å². The summed E-state index contributed by atoms with van der Waals surface area (Å²) in [7, 11) is 0.538.